The molecule has 0 bridgehead atoms. The lowest BCUT2D eigenvalue weighted by molar-refractivity contribution is 0.459. The Labute approximate surface area is 135 Å². The molecule has 114 valence electrons. The average molecular weight is 338 g/mol. The van der Waals surface area contributed by atoms with Crippen molar-refractivity contribution in [3.05, 3.63) is 33.6 Å². The third kappa shape index (κ3) is 4.03. The fraction of sp³-hybridized carbons (Fsp3) is 0.600. The summed E-state index contributed by atoms with van der Waals surface area (Å²) in [5, 5.41) is 4.06. The van der Waals surface area contributed by atoms with Gasteiger partial charge in [-0.25, -0.2) is 4.39 Å². The average Bonchev–Trinajstić information content (AvgIpc) is 2.45. The van der Waals surface area contributed by atoms with E-state index < -0.39 is 5.82 Å². The fourth-order valence-corrected chi connectivity index (χ4v) is 3.74. The van der Waals surface area contributed by atoms with Crippen LogP contribution in [0.3, 0.4) is 0 Å². The topological polar surface area (TPSA) is 12.0 Å². The minimum Gasteiger partial charge on any atom is -0.309 e. The second kappa shape index (κ2) is 7.88. The molecule has 1 unspecified atom stereocenters. The Bertz CT molecular complexity index is 441. The van der Waals surface area contributed by atoms with Gasteiger partial charge in [0.25, 0.3) is 0 Å². The molecule has 0 aliphatic carbocycles. The van der Waals surface area contributed by atoms with Crippen LogP contribution in [-0.4, -0.2) is 17.5 Å². The van der Waals surface area contributed by atoms with E-state index in [0.29, 0.717) is 10.6 Å². The summed E-state index contributed by atoms with van der Waals surface area (Å²) >= 11 is 14.1. The molecule has 5 heteroatoms. The Morgan fingerprint density at radius 2 is 1.90 bits per heavy atom. The van der Waals surface area contributed by atoms with E-state index in [4.69, 9.17) is 23.2 Å². The molecule has 0 saturated heterocycles. The van der Waals surface area contributed by atoms with Gasteiger partial charge in [0.2, 0.25) is 0 Å². The van der Waals surface area contributed by atoms with Crippen molar-refractivity contribution < 1.29 is 4.39 Å². The summed E-state index contributed by atoms with van der Waals surface area (Å²) in [6.07, 6.45) is 4.28. The molecule has 0 radical (unpaired) electrons. The van der Waals surface area contributed by atoms with Gasteiger partial charge >= 0.3 is 0 Å². The number of hydrogen-bond donors (Lipinski definition) is 1. The predicted molar refractivity (Wildman–Crippen MR) is 89.7 cm³/mol. The number of hydrogen-bond acceptors (Lipinski definition) is 2. The van der Waals surface area contributed by atoms with Crippen LogP contribution >= 0.6 is 35.0 Å². The van der Waals surface area contributed by atoms with Gasteiger partial charge in [-0.3, -0.25) is 0 Å². The van der Waals surface area contributed by atoms with Crippen LogP contribution in [0.5, 0.6) is 0 Å². The molecule has 1 aromatic rings. The van der Waals surface area contributed by atoms with E-state index in [2.05, 4.69) is 25.4 Å². The van der Waals surface area contributed by atoms with Crippen LogP contribution < -0.4 is 5.32 Å². The molecule has 0 fully saturated rings. The third-order valence-electron chi connectivity index (χ3n) is 3.96. The van der Waals surface area contributed by atoms with E-state index in [1.54, 1.807) is 6.07 Å². The Morgan fingerprint density at radius 1 is 1.30 bits per heavy atom. The number of rotatable bonds is 7. The molecule has 1 N–H and O–H groups in total. The van der Waals surface area contributed by atoms with Gasteiger partial charge < -0.3 is 5.32 Å². The first-order valence-corrected chi connectivity index (χ1v) is 8.80. The molecular weight excluding hydrogens is 316 g/mol. The second-order valence-electron chi connectivity index (χ2n) is 4.95. The van der Waals surface area contributed by atoms with E-state index in [-0.39, 0.29) is 15.8 Å². The first-order chi connectivity index (χ1) is 9.40. The van der Waals surface area contributed by atoms with Crippen LogP contribution in [0.25, 0.3) is 0 Å². The first-order valence-electron chi connectivity index (χ1n) is 6.82. The number of halogens is 3. The molecule has 0 aliphatic rings. The molecule has 0 saturated carbocycles. The smallest absolute Gasteiger partial charge is 0.142 e. The van der Waals surface area contributed by atoms with E-state index in [9.17, 15) is 4.39 Å². The van der Waals surface area contributed by atoms with Crippen molar-refractivity contribution in [2.45, 2.75) is 44.4 Å². The minimum absolute atomic E-state index is 0.0877. The van der Waals surface area contributed by atoms with E-state index in [1.165, 1.54) is 6.07 Å². The maximum Gasteiger partial charge on any atom is 0.142 e. The van der Waals surface area contributed by atoms with Crippen LogP contribution in [0.4, 0.5) is 4.39 Å². The summed E-state index contributed by atoms with van der Waals surface area (Å²) in [6, 6.07) is 2.76. The SMILES string of the molecule is CCC(CC)(CNC(C)c1c(Cl)ccc(F)c1Cl)SC. The quantitative estimate of drug-likeness (QED) is 0.640. The molecular formula is C15H22Cl2FNS. The van der Waals surface area contributed by atoms with Gasteiger partial charge in [-0.05, 0) is 38.2 Å². The van der Waals surface area contributed by atoms with Gasteiger partial charge in [0.1, 0.15) is 5.82 Å². The minimum atomic E-state index is -0.429. The summed E-state index contributed by atoms with van der Waals surface area (Å²) in [7, 11) is 0. The number of benzene rings is 1. The van der Waals surface area contributed by atoms with Gasteiger partial charge in [-0.1, -0.05) is 37.0 Å². The van der Waals surface area contributed by atoms with Crippen molar-refractivity contribution in [1.82, 2.24) is 5.32 Å². The van der Waals surface area contributed by atoms with Crippen molar-refractivity contribution in [1.29, 1.82) is 0 Å². The zero-order chi connectivity index (χ0) is 15.3. The van der Waals surface area contributed by atoms with Crippen LogP contribution in [0.1, 0.15) is 45.2 Å². The Hall–Kier alpha value is 0.0400. The van der Waals surface area contributed by atoms with E-state index >= 15 is 0 Å². The summed E-state index contributed by atoms with van der Waals surface area (Å²) in [4.78, 5) is 0. The molecule has 0 heterocycles. The Morgan fingerprint density at radius 3 is 2.40 bits per heavy atom. The molecule has 0 amide bonds. The lowest BCUT2D eigenvalue weighted by atomic mass is 10.0. The van der Waals surface area contributed by atoms with Crippen molar-refractivity contribution >= 4 is 35.0 Å². The molecule has 1 aromatic carbocycles. The zero-order valence-electron chi connectivity index (χ0n) is 12.4. The van der Waals surface area contributed by atoms with Crippen molar-refractivity contribution in [3.8, 4) is 0 Å². The van der Waals surface area contributed by atoms with Crippen molar-refractivity contribution in [2.24, 2.45) is 0 Å². The highest BCUT2D eigenvalue weighted by atomic mass is 35.5. The number of nitrogens with one attached hydrogen (secondary N) is 1. The normalized spacial score (nSPS) is 13.6. The maximum absolute atomic E-state index is 13.6. The number of thioether (sulfide) groups is 1. The first kappa shape index (κ1) is 18.1. The lowest BCUT2D eigenvalue weighted by Gasteiger charge is -2.32. The summed E-state index contributed by atoms with van der Waals surface area (Å²) in [5.74, 6) is -0.429. The van der Waals surface area contributed by atoms with Crippen molar-refractivity contribution in [3.63, 3.8) is 0 Å². The monoisotopic (exact) mass is 337 g/mol. The second-order valence-corrected chi connectivity index (χ2v) is 7.01. The Balaban J connectivity index is 2.87. The molecule has 1 nitrogen and oxygen atoms in total. The largest absolute Gasteiger partial charge is 0.309 e. The van der Waals surface area contributed by atoms with Crippen LogP contribution in [0.2, 0.25) is 10.0 Å². The molecule has 20 heavy (non-hydrogen) atoms. The standard InChI is InChI=1S/C15H22Cl2FNS/c1-5-15(6-2,20-4)9-19-10(3)13-11(16)7-8-12(18)14(13)17/h7-8,10,19H,5-6,9H2,1-4H3. The van der Waals surface area contributed by atoms with Gasteiger partial charge in [0.15, 0.2) is 0 Å². The highest BCUT2D eigenvalue weighted by molar-refractivity contribution is 8.00. The maximum atomic E-state index is 13.6. The Kier molecular flexibility index (Phi) is 7.13. The molecule has 0 aliphatic heterocycles. The lowest BCUT2D eigenvalue weighted by Crippen LogP contribution is -2.37. The van der Waals surface area contributed by atoms with Crippen LogP contribution in [0.15, 0.2) is 12.1 Å². The van der Waals surface area contributed by atoms with Gasteiger partial charge in [-0.15, -0.1) is 0 Å². The summed E-state index contributed by atoms with van der Waals surface area (Å²) in [5.41, 5.74) is 0.635. The molecule has 1 rings (SSSR count). The highest BCUT2D eigenvalue weighted by Gasteiger charge is 2.26. The van der Waals surface area contributed by atoms with Crippen LogP contribution in [0, 0.1) is 5.82 Å². The van der Waals surface area contributed by atoms with Crippen LogP contribution in [-0.2, 0) is 0 Å². The van der Waals surface area contributed by atoms with E-state index in [0.717, 1.165) is 19.4 Å². The molecule has 0 spiro atoms. The molecule has 1 atom stereocenters. The fourth-order valence-electron chi connectivity index (χ4n) is 2.24. The molecule has 0 aromatic heterocycles. The summed E-state index contributed by atoms with van der Waals surface area (Å²) in [6.45, 7) is 7.18. The summed E-state index contributed by atoms with van der Waals surface area (Å²) < 4.78 is 13.8. The van der Waals surface area contributed by atoms with E-state index in [1.807, 2.05) is 18.7 Å². The van der Waals surface area contributed by atoms with Gasteiger partial charge in [0.05, 0.1) is 5.02 Å². The third-order valence-corrected chi connectivity index (χ3v) is 6.27. The van der Waals surface area contributed by atoms with Crippen molar-refractivity contribution in [2.75, 3.05) is 12.8 Å². The zero-order valence-corrected chi connectivity index (χ0v) is 14.7. The van der Waals surface area contributed by atoms with Gasteiger partial charge in [-0.2, -0.15) is 11.8 Å². The predicted octanol–water partition coefficient (Wildman–Crippen LogP) is 5.70. The highest BCUT2D eigenvalue weighted by Crippen LogP contribution is 2.34. The van der Waals surface area contributed by atoms with Gasteiger partial charge in [0, 0.05) is 27.9 Å².